The van der Waals surface area contributed by atoms with Gasteiger partial charge >= 0.3 is 0 Å². The zero-order chi connectivity index (χ0) is 16.1. The van der Waals surface area contributed by atoms with Crippen LogP contribution in [0.2, 0.25) is 5.02 Å². The molecule has 0 aliphatic rings. The number of Topliss-reactive ketones (excluding diaryl/α,β-unsaturated/α-hetero) is 3. The summed E-state index contributed by atoms with van der Waals surface area (Å²) in [5.41, 5.74) is 1.94. The number of carbonyl (C=O) groups excluding carboxylic acids is 3. The molecule has 0 bridgehead atoms. The van der Waals surface area contributed by atoms with Crippen molar-refractivity contribution in [2.24, 2.45) is 0 Å². The second-order valence-corrected chi connectivity index (χ2v) is 5.55. The summed E-state index contributed by atoms with van der Waals surface area (Å²) in [5.74, 6) is -0.960. The first-order chi connectivity index (χ1) is 10.5. The van der Waals surface area contributed by atoms with Gasteiger partial charge in [0.15, 0.2) is 11.6 Å². The third-order valence-electron chi connectivity index (χ3n) is 3.26. The van der Waals surface area contributed by atoms with Crippen LogP contribution < -0.4 is 0 Å². The molecule has 0 unspecified atom stereocenters. The largest absolute Gasteiger partial charge is 0.299 e. The summed E-state index contributed by atoms with van der Waals surface area (Å²) in [4.78, 5) is 35.8. The van der Waals surface area contributed by atoms with Gasteiger partial charge in [0.1, 0.15) is 5.78 Å². The summed E-state index contributed by atoms with van der Waals surface area (Å²) >= 11 is 5.75. The molecule has 2 aromatic rings. The molecule has 0 atom stereocenters. The van der Waals surface area contributed by atoms with E-state index in [-0.39, 0.29) is 30.2 Å². The van der Waals surface area contributed by atoms with E-state index in [0.29, 0.717) is 16.1 Å². The molecule has 0 saturated carbocycles. The van der Waals surface area contributed by atoms with E-state index in [1.807, 2.05) is 19.1 Å². The molecule has 0 fully saturated rings. The van der Waals surface area contributed by atoms with Gasteiger partial charge in [0.2, 0.25) is 0 Å². The number of hydrogen-bond acceptors (Lipinski definition) is 3. The lowest BCUT2D eigenvalue weighted by molar-refractivity contribution is -0.117. The lowest BCUT2D eigenvalue weighted by Crippen LogP contribution is -2.13. The van der Waals surface area contributed by atoms with E-state index in [4.69, 9.17) is 11.6 Å². The van der Waals surface area contributed by atoms with Crippen molar-refractivity contribution in [1.29, 1.82) is 0 Å². The first-order valence-electron chi connectivity index (χ1n) is 6.86. The van der Waals surface area contributed by atoms with Crippen molar-refractivity contribution in [3.8, 4) is 0 Å². The fraction of sp³-hybridized carbons (Fsp3) is 0.167. The Morgan fingerprint density at radius 3 is 1.64 bits per heavy atom. The Labute approximate surface area is 133 Å². The number of ketones is 3. The molecule has 0 spiro atoms. The number of rotatable bonds is 6. The maximum Gasteiger partial charge on any atom is 0.170 e. The van der Waals surface area contributed by atoms with Crippen LogP contribution >= 0.6 is 11.6 Å². The van der Waals surface area contributed by atoms with Crippen LogP contribution in [-0.2, 0) is 4.79 Å². The second kappa shape index (κ2) is 7.14. The van der Waals surface area contributed by atoms with Crippen molar-refractivity contribution >= 4 is 29.0 Å². The van der Waals surface area contributed by atoms with Crippen LogP contribution in [0.1, 0.15) is 39.1 Å². The quantitative estimate of drug-likeness (QED) is 0.596. The summed E-state index contributed by atoms with van der Waals surface area (Å²) < 4.78 is 0. The second-order valence-electron chi connectivity index (χ2n) is 5.11. The molecule has 2 rings (SSSR count). The van der Waals surface area contributed by atoms with E-state index >= 15 is 0 Å². The fourth-order valence-corrected chi connectivity index (χ4v) is 2.13. The first-order valence-corrected chi connectivity index (χ1v) is 7.24. The van der Waals surface area contributed by atoms with Crippen LogP contribution in [0.4, 0.5) is 0 Å². The minimum absolute atomic E-state index is 0.262. The highest BCUT2D eigenvalue weighted by atomic mass is 35.5. The molecule has 0 aliphatic carbocycles. The molecule has 0 amide bonds. The minimum atomic E-state index is -0.384. The molecule has 112 valence electrons. The summed E-state index contributed by atoms with van der Waals surface area (Å²) in [5, 5.41) is 0.525. The monoisotopic (exact) mass is 314 g/mol. The number of carbonyl (C=O) groups is 3. The van der Waals surface area contributed by atoms with Gasteiger partial charge < -0.3 is 0 Å². The summed E-state index contributed by atoms with van der Waals surface area (Å²) in [6.07, 6.45) is -0.540. The van der Waals surface area contributed by atoms with Crippen molar-refractivity contribution in [3.63, 3.8) is 0 Å². The Kier molecular flexibility index (Phi) is 5.23. The average Bonchev–Trinajstić information content (AvgIpc) is 2.48. The highest BCUT2D eigenvalue weighted by Gasteiger charge is 2.16. The van der Waals surface area contributed by atoms with Crippen molar-refractivity contribution in [1.82, 2.24) is 0 Å². The number of hydrogen-bond donors (Lipinski definition) is 0. The Morgan fingerprint density at radius 2 is 1.18 bits per heavy atom. The molecule has 4 heteroatoms. The van der Waals surface area contributed by atoms with Crippen molar-refractivity contribution in [2.45, 2.75) is 19.8 Å². The molecule has 2 aromatic carbocycles. The Morgan fingerprint density at radius 1 is 0.773 bits per heavy atom. The molecule has 0 saturated heterocycles. The van der Waals surface area contributed by atoms with Gasteiger partial charge in [-0.2, -0.15) is 0 Å². The molecular formula is C18H15ClO3. The van der Waals surface area contributed by atoms with Gasteiger partial charge in [-0.15, -0.1) is 0 Å². The zero-order valence-corrected chi connectivity index (χ0v) is 12.9. The Bertz CT molecular complexity index is 639. The summed E-state index contributed by atoms with van der Waals surface area (Å²) in [7, 11) is 0. The van der Waals surface area contributed by atoms with E-state index in [9.17, 15) is 14.4 Å². The molecule has 0 aliphatic heterocycles. The van der Waals surface area contributed by atoms with Crippen LogP contribution in [0, 0.1) is 6.92 Å². The normalized spacial score (nSPS) is 10.3. The predicted molar refractivity (Wildman–Crippen MR) is 85.5 cm³/mol. The van der Waals surface area contributed by atoms with E-state index in [1.165, 1.54) is 0 Å². The van der Waals surface area contributed by atoms with Crippen molar-refractivity contribution < 1.29 is 14.4 Å². The van der Waals surface area contributed by atoms with E-state index in [0.717, 1.165) is 5.56 Å². The number of aryl methyl sites for hydroxylation is 1. The highest BCUT2D eigenvalue weighted by Crippen LogP contribution is 2.13. The van der Waals surface area contributed by atoms with E-state index in [1.54, 1.807) is 36.4 Å². The summed E-state index contributed by atoms with van der Waals surface area (Å²) in [6, 6.07) is 13.3. The molecular weight excluding hydrogens is 300 g/mol. The minimum Gasteiger partial charge on any atom is -0.299 e. The number of halogens is 1. The third-order valence-corrected chi connectivity index (χ3v) is 3.51. The predicted octanol–water partition coefficient (Wildman–Crippen LogP) is 4.06. The third kappa shape index (κ3) is 4.37. The molecule has 0 heterocycles. The van der Waals surface area contributed by atoms with Crippen LogP contribution in [0.3, 0.4) is 0 Å². The van der Waals surface area contributed by atoms with Crippen LogP contribution in [0.25, 0.3) is 0 Å². The molecule has 22 heavy (non-hydrogen) atoms. The zero-order valence-electron chi connectivity index (χ0n) is 12.1. The lowest BCUT2D eigenvalue weighted by atomic mass is 10.00. The van der Waals surface area contributed by atoms with Gasteiger partial charge in [-0.05, 0) is 31.2 Å². The standard InChI is InChI=1S/C18H15ClO3/c1-12-2-4-13(5-3-12)17(21)10-16(20)11-18(22)14-6-8-15(19)9-7-14/h2-9H,10-11H2,1H3. The highest BCUT2D eigenvalue weighted by molar-refractivity contribution is 6.30. The smallest absolute Gasteiger partial charge is 0.170 e. The Hall–Kier alpha value is -2.26. The molecule has 0 radical (unpaired) electrons. The van der Waals surface area contributed by atoms with Crippen LogP contribution in [0.15, 0.2) is 48.5 Å². The van der Waals surface area contributed by atoms with Crippen molar-refractivity contribution in [2.75, 3.05) is 0 Å². The van der Waals surface area contributed by atoms with Gasteiger partial charge in [0.25, 0.3) is 0 Å². The van der Waals surface area contributed by atoms with Crippen molar-refractivity contribution in [3.05, 3.63) is 70.2 Å². The van der Waals surface area contributed by atoms with Gasteiger partial charge in [-0.25, -0.2) is 0 Å². The van der Waals surface area contributed by atoms with Gasteiger partial charge in [0, 0.05) is 16.1 Å². The van der Waals surface area contributed by atoms with Gasteiger partial charge in [-0.1, -0.05) is 41.4 Å². The van der Waals surface area contributed by atoms with Gasteiger partial charge in [0.05, 0.1) is 12.8 Å². The molecule has 3 nitrogen and oxygen atoms in total. The topological polar surface area (TPSA) is 51.2 Å². The fourth-order valence-electron chi connectivity index (χ4n) is 2.00. The summed E-state index contributed by atoms with van der Waals surface area (Å²) in [6.45, 7) is 1.92. The van der Waals surface area contributed by atoms with E-state index < -0.39 is 0 Å². The Balaban J connectivity index is 1.95. The number of benzene rings is 2. The maximum atomic E-state index is 12.0. The average molecular weight is 315 g/mol. The first kappa shape index (κ1) is 16.1. The van der Waals surface area contributed by atoms with Crippen LogP contribution in [-0.4, -0.2) is 17.3 Å². The van der Waals surface area contributed by atoms with Crippen LogP contribution in [0.5, 0.6) is 0 Å². The van der Waals surface area contributed by atoms with E-state index in [2.05, 4.69) is 0 Å². The maximum absolute atomic E-state index is 12.0. The SMILES string of the molecule is Cc1ccc(C(=O)CC(=O)CC(=O)c2ccc(Cl)cc2)cc1. The molecule has 0 aromatic heterocycles. The van der Waals surface area contributed by atoms with Gasteiger partial charge in [-0.3, -0.25) is 14.4 Å². The lowest BCUT2D eigenvalue weighted by Gasteiger charge is -2.02. The molecule has 0 N–H and O–H groups in total.